The van der Waals surface area contributed by atoms with Crippen molar-refractivity contribution in [3.8, 4) is 0 Å². The lowest BCUT2D eigenvalue weighted by atomic mass is 10.2. The van der Waals surface area contributed by atoms with E-state index in [4.69, 9.17) is 11.6 Å². The van der Waals surface area contributed by atoms with Gasteiger partial charge in [0.05, 0.1) is 0 Å². The van der Waals surface area contributed by atoms with Crippen LogP contribution in [-0.4, -0.2) is 0 Å². The molecule has 0 N–H and O–H groups in total. The molecule has 1 atom stereocenters. The molecule has 0 aromatic carbocycles. The number of rotatable bonds is 2. The van der Waals surface area contributed by atoms with Gasteiger partial charge in [0.25, 0.3) is 0 Å². The topological polar surface area (TPSA) is 0 Å². The summed E-state index contributed by atoms with van der Waals surface area (Å²) < 4.78 is 1.13. The van der Waals surface area contributed by atoms with Crippen molar-refractivity contribution >= 4 is 50.2 Å². The van der Waals surface area contributed by atoms with E-state index in [1.807, 2.05) is 11.3 Å². The summed E-state index contributed by atoms with van der Waals surface area (Å²) >= 11 is 13.7. The fourth-order valence-corrected chi connectivity index (χ4v) is 5.61. The van der Waals surface area contributed by atoms with Gasteiger partial charge in [0.15, 0.2) is 0 Å². The lowest BCUT2D eigenvalue weighted by Crippen LogP contribution is -1.87. The van der Waals surface area contributed by atoms with Gasteiger partial charge >= 0.3 is 0 Å². The molecule has 84 valence electrons. The van der Waals surface area contributed by atoms with Gasteiger partial charge in [-0.05, 0) is 58.3 Å². The average molecular weight is 334 g/mol. The molecule has 0 bridgehead atoms. The fourth-order valence-electron chi connectivity index (χ4n) is 2.09. The molecule has 0 saturated heterocycles. The molecule has 0 aliphatic heterocycles. The Kier molecular flexibility index (Phi) is 3.13. The van der Waals surface area contributed by atoms with Crippen LogP contribution in [0.25, 0.3) is 0 Å². The molecule has 2 heterocycles. The number of hydrogen-bond acceptors (Lipinski definition) is 2. The van der Waals surface area contributed by atoms with Crippen molar-refractivity contribution in [3.05, 3.63) is 42.2 Å². The molecule has 0 nitrogen and oxygen atoms in total. The molecule has 0 amide bonds. The van der Waals surface area contributed by atoms with E-state index < -0.39 is 0 Å². The van der Waals surface area contributed by atoms with E-state index >= 15 is 0 Å². The van der Waals surface area contributed by atoms with Gasteiger partial charge in [-0.1, -0.05) is 0 Å². The highest BCUT2D eigenvalue weighted by atomic mass is 79.9. The minimum Gasteiger partial charge on any atom is -0.146 e. The monoisotopic (exact) mass is 332 g/mol. The molecule has 4 heteroatoms. The summed E-state index contributed by atoms with van der Waals surface area (Å²) in [6.07, 6.45) is 3.80. The molecule has 2 aromatic rings. The van der Waals surface area contributed by atoms with Gasteiger partial charge in [0.2, 0.25) is 0 Å². The van der Waals surface area contributed by atoms with Crippen molar-refractivity contribution in [1.82, 2.24) is 0 Å². The van der Waals surface area contributed by atoms with E-state index in [2.05, 4.69) is 33.4 Å². The Morgan fingerprint density at radius 3 is 2.94 bits per heavy atom. The predicted molar refractivity (Wildman–Crippen MR) is 76.1 cm³/mol. The first-order valence-electron chi connectivity index (χ1n) is 5.24. The first-order chi connectivity index (χ1) is 7.75. The van der Waals surface area contributed by atoms with E-state index in [0.29, 0.717) is 0 Å². The lowest BCUT2D eigenvalue weighted by molar-refractivity contribution is 0.913. The summed E-state index contributed by atoms with van der Waals surface area (Å²) in [5.74, 6) is 0. The van der Waals surface area contributed by atoms with E-state index in [0.717, 1.165) is 4.47 Å². The molecule has 16 heavy (non-hydrogen) atoms. The third-order valence-electron chi connectivity index (χ3n) is 2.89. The maximum absolute atomic E-state index is 6.54. The maximum atomic E-state index is 6.54. The number of thiophene rings is 2. The van der Waals surface area contributed by atoms with Crippen LogP contribution in [0.3, 0.4) is 0 Å². The molecule has 1 unspecified atom stereocenters. The smallest absolute Gasteiger partial charge is 0.103 e. The Balaban J connectivity index is 1.95. The molecular formula is C12H10BrClS2. The van der Waals surface area contributed by atoms with E-state index in [9.17, 15) is 0 Å². The highest BCUT2D eigenvalue weighted by Crippen LogP contribution is 2.42. The quantitative estimate of drug-likeness (QED) is 0.646. The van der Waals surface area contributed by atoms with Crippen LogP contribution in [-0.2, 0) is 12.8 Å². The third-order valence-corrected chi connectivity index (χ3v) is 6.84. The van der Waals surface area contributed by atoms with Gasteiger partial charge in [-0.25, -0.2) is 0 Å². The van der Waals surface area contributed by atoms with Crippen LogP contribution in [0, 0.1) is 0 Å². The standard InChI is InChI=1S/C12H10BrClS2/c13-8-4-5-15-12(8)11(14)10-6-7-2-1-3-9(7)16-10/h4-6,11H,1-3H2. The normalized spacial score (nSPS) is 16.4. The summed E-state index contributed by atoms with van der Waals surface area (Å²) in [5.41, 5.74) is 1.53. The zero-order valence-corrected chi connectivity index (χ0v) is 12.5. The van der Waals surface area contributed by atoms with Crippen LogP contribution in [0.5, 0.6) is 0 Å². The van der Waals surface area contributed by atoms with Crippen molar-refractivity contribution in [2.75, 3.05) is 0 Å². The molecular weight excluding hydrogens is 324 g/mol. The highest BCUT2D eigenvalue weighted by Gasteiger charge is 2.21. The fraction of sp³-hybridized carbons (Fsp3) is 0.333. The van der Waals surface area contributed by atoms with E-state index in [-0.39, 0.29) is 5.38 Å². The van der Waals surface area contributed by atoms with Crippen LogP contribution >= 0.6 is 50.2 Å². The average Bonchev–Trinajstić information content (AvgIpc) is 2.89. The SMILES string of the molecule is ClC(c1cc2c(s1)CCC2)c1sccc1Br. The molecule has 0 radical (unpaired) electrons. The largest absolute Gasteiger partial charge is 0.146 e. The first-order valence-corrected chi connectivity index (χ1v) is 8.16. The van der Waals surface area contributed by atoms with Gasteiger partial charge in [0, 0.05) is 19.1 Å². The molecule has 0 fully saturated rings. The Labute approximate surface area is 116 Å². The zero-order valence-electron chi connectivity index (χ0n) is 8.50. The number of fused-ring (bicyclic) bond motifs is 1. The van der Waals surface area contributed by atoms with Crippen molar-refractivity contribution in [3.63, 3.8) is 0 Å². The van der Waals surface area contributed by atoms with Gasteiger partial charge < -0.3 is 0 Å². The Morgan fingerprint density at radius 1 is 1.38 bits per heavy atom. The maximum Gasteiger partial charge on any atom is 0.103 e. The van der Waals surface area contributed by atoms with Crippen molar-refractivity contribution < 1.29 is 0 Å². The first kappa shape index (κ1) is 11.3. The van der Waals surface area contributed by atoms with Crippen LogP contribution < -0.4 is 0 Å². The number of alkyl halides is 1. The molecule has 2 aromatic heterocycles. The third kappa shape index (κ3) is 1.88. The minimum absolute atomic E-state index is 0.0185. The van der Waals surface area contributed by atoms with Crippen LogP contribution in [0.2, 0.25) is 0 Å². The summed E-state index contributed by atoms with van der Waals surface area (Å²) in [6.45, 7) is 0. The summed E-state index contributed by atoms with van der Waals surface area (Å²) in [6, 6.07) is 4.37. The van der Waals surface area contributed by atoms with Gasteiger partial charge in [-0.15, -0.1) is 34.3 Å². The Bertz CT molecular complexity index is 493. The minimum atomic E-state index is 0.0185. The Morgan fingerprint density at radius 2 is 2.25 bits per heavy atom. The second kappa shape index (κ2) is 4.45. The van der Waals surface area contributed by atoms with Crippen molar-refractivity contribution in [1.29, 1.82) is 0 Å². The number of hydrogen-bond donors (Lipinski definition) is 0. The summed E-state index contributed by atoms with van der Waals surface area (Å²) in [4.78, 5) is 4.07. The number of aryl methyl sites for hydroxylation is 2. The van der Waals surface area contributed by atoms with Crippen LogP contribution in [0.4, 0.5) is 0 Å². The molecule has 0 spiro atoms. The molecule has 1 aliphatic carbocycles. The van der Waals surface area contributed by atoms with Gasteiger partial charge in [-0.2, -0.15) is 0 Å². The van der Waals surface area contributed by atoms with Crippen LogP contribution in [0.15, 0.2) is 22.0 Å². The van der Waals surface area contributed by atoms with E-state index in [1.165, 1.54) is 34.6 Å². The highest BCUT2D eigenvalue weighted by molar-refractivity contribution is 9.10. The zero-order chi connectivity index (χ0) is 11.1. The van der Waals surface area contributed by atoms with Crippen LogP contribution in [0.1, 0.15) is 32.0 Å². The lowest BCUT2D eigenvalue weighted by Gasteiger charge is -2.05. The molecule has 1 aliphatic rings. The van der Waals surface area contributed by atoms with Crippen molar-refractivity contribution in [2.45, 2.75) is 24.6 Å². The molecule has 3 rings (SSSR count). The van der Waals surface area contributed by atoms with E-state index in [1.54, 1.807) is 16.2 Å². The second-order valence-corrected chi connectivity index (χ2v) is 7.35. The summed E-state index contributed by atoms with van der Waals surface area (Å²) in [5, 5.41) is 2.10. The summed E-state index contributed by atoms with van der Waals surface area (Å²) in [7, 11) is 0. The van der Waals surface area contributed by atoms with Crippen molar-refractivity contribution in [2.24, 2.45) is 0 Å². The molecule has 0 saturated carbocycles. The number of halogens is 2. The second-order valence-electron chi connectivity index (χ2n) is 3.95. The van der Waals surface area contributed by atoms with Gasteiger partial charge in [0.1, 0.15) is 5.38 Å². The Hall–Kier alpha value is 0.170. The van der Waals surface area contributed by atoms with Gasteiger partial charge in [-0.3, -0.25) is 0 Å². The predicted octanol–water partition coefficient (Wildman–Crippen LogP) is 5.39.